The fourth-order valence-corrected chi connectivity index (χ4v) is 2.84. The molecular weight excluding hydrogens is 290 g/mol. The van der Waals surface area contributed by atoms with Gasteiger partial charge in [-0.2, -0.15) is 0 Å². The van der Waals surface area contributed by atoms with Crippen molar-refractivity contribution in [1.29, 1.82) is 0 Å². The number of fused-ring (bicyclic) bond motifs is 1. The van der Waals surface area contributed by atoms with Crippen molar-refractivity contribution in [3.63, 3.8) is 0 Å². The molecule has 2 heterocycles. The second-order valence-corrected chi connectivity index (χ2v) is 5.57. The number of carbonyl (C=O) groups is 1. The number of likely N-dealkylation sites (tertiary alicyclic amines) is 1. The summed E-state index contributed by atoms with van der Waals surface area (Å²) in [5, 5.41) is 0.730. The van der Waals surface area contributed by atoms with Gasteiger partial charge >= 0.3 is 5.63 Å². The summed E-state index contributed by atoms with van der Waals surface area (Å²) >= 11 is 5.82. The molecule has 0 aliphatic carbocycles. The lowest BCUT2D eigenvalue weighted by atomic mass is 10.1. The van der Waals surface area contributed by atoms with Crippen molar-refractivity contribution in [3.8, 4) is 0 Å². The number of rotatable bonds is 2. The molecule has 0 radical (unpaired) electrons. The first-order valence-corrected chi connectivity index (χ1v) is 7.64. The van der Waals surface area contributed by atoms with E-state index in [1.807, 2.05) is 12.1 Å². The Morgan fingerprint density at radius 3 is 2.67 bits per heavy atom. The van der Waals surface area contributed by atoms with Crippen LogP contribution in [0.5, 0.6) is 0 Å². The fourth-order valence-electron chi connectivity index (χ4n) is 2.67. The van der Waals surface area contributed by atoms with Gasteiger partial charge in [0.1, 0.15) is 11.1 Å². The average Bonchev–Trinajstić information content (AvgIpc) is 2.54. The van der Waals surface area contributed by atoms with Crippen molar-refractivity contribution in [3.05, 3.63) is 45.8 Å². The molecule has 0 saturated carbocycles. The summed E-state index contributed by atoms with van der Waals surface area (Å²) in [5.74, 6) is 0.145. The molecule has 0 N–H and O–H groups in total. The highest BCUT2D eigenvalue weighted by Gasteiger charge is 2.22. The lowest BCUT2D eigenvalue weighted by molar-refractivity contribution is 0.0720. The number of hydrogen-bond donors (Lipinski definition) is 0. The van der Waals surface area contributed by atoms with Gasteiger partial charge in [-0.1, -0.05) is 6.07 Å². The van der Waals surface area contributed by atoms with Crippen LogP contribution in [-0.2, 0) is 5.88 Å². The predicted octanol–water partition coefficient (Wildman–Crippen LogP) is 3.16. The maximum Gasteiger partial charge on any atom is 0.349 e. The molecule has 1 amide bonds. The van der Waals surface area contributed by atoms with E-state index in [9.17, 15) is 9.59 Å². The first-order chi connectivity index (χ1) is 10.2. The Morgan fingerprint density at radius 1 is 1.19 bits per heavy atom. The minimum Gasteiger partial charge on any atom is -0.422 e. The second-order valence-electron chi connectivity index (χ2n) is 5.31. The van der Waals surface area contributed by atoms with Crippen LogP contribution in [0.3, 0.4) is 0 Å². The first-order valence-electron chi connectivity index (χ1n) is 7.11. The van der Waals surface area contributed by atoms with E-state index in [-0.39, 0.29) is 11.5 Å². The van der Waals surface area contributed by atoms with Crippen LogP contribution in [-0.4, -0.2) is 23.9 Å². The largest absolute Gasteiger partial charge is 0.422 e. The summed E-state index contributed by atoms with van der Waals surface area (Å²) < 4.78 is 5.26. The molecule has 0 spiro atoms. The van der Waals surface area contributed by atoms with Crippen molar-refractivity contribution in [2.75, 3.05) is 13.1 Å². The highest BCUT2D eigenvalue weighted by molar-refractivity contribution is 6.17. The Bertz CT molecular complexity index is 732. The zero-order valence-corrected chi connectivity index (χ0v) is 12.4. The molecule has 1 fully saturated rings. The maximum atomic E-state index is 12.5. The third-order valence-electron chi connectivity index (χ3n) is 3.82. The molecule has 110 valence electrons. The van der Waals surface area contributed by atoms with Gasteiger partial charge in [0.15, 0.2) is 0 Å². The quantitative estimate of drug-likeness (QED) is 0.632. The van der Waals surface area contributed by atoms with Gasteiger partial charge in [-0.25, -0.2) is 4.79 Å². The van der Waals surface area contributed by atoms with Crippen molar-refractivity contribution in [1.82, 2.24) is 4.90 Å². The standard InChI is InChI=1S/C16H16ClNO3/c17-10-11-4-5-14-12(8-11)9-13(16(20)21-14)15(19)18-6-2-1-3-7-18/h4-5,8-9H,1-3,6-7,10H2. The van der Waals surface area contributed by atoms with Crippen LogP contribution in [0, 0.1) is 0 Å². The third-order valence-corrected chi connectivity index (χ3v) is 4.13. The Balaban J connectivity index is 2.02. The molecule has 1 aliphatic rings. The summed E-state index contributed by atoms with van der Waals surface area (Å²) in [6.45, 7) is 1.41. The minimum absolute atomic E-state index is 0.108. The highest BCUT2D eigenvalue weighted by Crippen LogP contribution is 2.18. The summed E-state index contributed by atoms with van der Waals surface area (Å²) in [5.41, 5.74) is 0.936. The number of amides is 1. The average molecular weight is 306 g/mol. The third kappa shape index (κ3) is 2.81. The van der Waals surface area contributed by atoms with E-state index in [0.29, 0.717) is 24.6 Å². The van der Waals surface area contributed by atoms with Crippen molar-refractivity contribution in [2.45, 2.75) is 25.1 Å². The normalized spacial score (nSPS) is 15.4. The lowest BCUT2D eigenvalue weighted by Gasteiger charge is -2.26. The maximum absolute atomic E-state index is 12.5. The van der Waals surface area contributed by atoms with Crippen molar-refractivity contribution >= 4 is 28.5 Å². The van der Waals surface area contributed by atoms with E-state index in [4.69, 9.17) is 16.0 Å². The number of nitrogens with zero attached hydrogens (tertiary/aromatic N) is 1. The number of carbonyl (C=O) groups excluding carboxylic acids is 1. The molecule has 3 rings (SSSR count). The zero-order chi connectivity index (χ0) is 14.8. The Labute approximate surface area is 127 Å². The molecule has 0 atom stereocenters. The van der Waals surface area contributed by atoms with Crippen molar-refractivity contribution in [2.24, 2.45) is 0 Å². The van der Waals surface area contributed by atoms with E-state index in [0.717, 1.165) is 30.2 Å². The molecule has 2 aromatic rings. The van der Waals surface area contributed by atoms with Gasteiger partial charge in [0.2, 0.25) is 0 Å². The monoisotopic (exact) mass is 305 g/mol. The molecule has 21 heavy (non-hydrogen) atoms. The van der Waals surface area contributed by atoms with Crippen LogP contribution in [0.25, 0.3) is 11.0 Å². The molecule has 5 heteroatoms. The lowest BCUT2D eigenvalue weighted by Crippen LogP contribution is -2.37. The SMILES string of the molecule is O=C(c1cc2cc(CCl)ccc2oc1=O)N1CCCCC1. The zero-order valence-electron chi connectivity index (χ0n) is 11.6. The molecule has 4 nitrogen and oxygen atoms in total. The number of benzene rings is 1. The van der Waals surface area contributed by atoms with Gasteiger partial charge in [0.25, 0.3) is 5.91 Å². The van der Waals surface area contributed by atoms with Gasteiger partial charge in [-0.15, -0.1) is 11.6 Å². The molecule has 0 bridgehead atoms. The number of halogens is 1. The predicted molar refractivity (Wildman–Crippen MR) is 81.8 cm³/mol. The highest BCUT2D eigenvalue weighted by atomic mass is 35.5. The first kappa shape index (κ1) is 14.1. The molecular formula is C16H16ClNO3. The van der Waals surface area contributed by atoms with Crippen LogP contribution in [0.1, 0.15) is 35.2 Å². The van der Waals surface area contributed by atoms with Gasteiger partial charge in [-0.05, 0) is 43.0 Å². The Morgan fingerprint density at radius 2 is 1.95 bits per heavy atom. The van der Waals surface area contributed by atoms with Crippen molar-refractivity contribution < 1.29 is 9.21 Å². The summed E-state index contributed by atoms with van der Waals surface area (Å²) in [4.78, 5) is 26.2. The Hall–Kier alpha value is -1.81. The summed E-state index contributed by atoms with van der Waals surface area (Å²) in [6, 6.07) is 6.99. The van der Waals surface area contributed by atoms with Crippen LogP contribution in [0.15, 0.2) is 33.5 Å². The van der Waals surface area contributed by atoms with Gasteiger partial charge in [0.05, 0.1) is 0 Å². The summed E-state index contributed by atoms with van der Waals surface area (Å²) in [6.07, 6.45) is 3.11. The fraction of sp³-hybridized carbons (Fsp3) is 0.375. The van der Waals surface area contributed by atoms with Crippen LogP contribution < -0.4 is 5.63 Å². The van der Waals surface area contributed by atoms with Gasteiger partial charge < -0.3 is 9.32 Å². The van der Waals surface area contributed by atoms with E-state index in [1.54, 1.807) is 17.0 Å². The Kier molecular flexibility index (Phi) is 3.97. The molecule has 1 aromatic heterocycles. The molecule has 1 aromatic carbocycles. The van der Waals surface area contributed by atoms with E-state index in [1.165, 1.54) is 0 Å². The summed E-state index contributed by atoms with van der Waals surface area (Å²) in [7, 11) is 0. The minimum atomic E-state index is -0.573. The van der Waals surface area contributed by atoms with Gasteiger partial charge in [-0.3, -0.25) is 4.79 Å². The van der Waals surface area contributed by atoms with E-state index < -0.39 is 5.63 Å². The van der Waals surface area contributed by atoms with Crippen LogP contribution >= 0.6 is 11.6 Å². The number of alkyl halides is 1. The van der Waals surface area contributed by atoms with Crippen LogP contribution in [0.4, 0.5) is 0 Å². The van der Waals surface area contributed by atoms with E-state index in [2.05, 4.69) is 0 Å². The smallest absolute Gasteiger partial charge is 0.349 e. The topological polar surface area (TPSA) is 50.5 Å². The number of hydrogen-bond acceptors (Lipinski definition) is 3. The van der Waals surface area contributed by atoms with Crippen LogP contribution in [0.2, 0.25) is 0 Å². The number of piperidine rings is 1. The molecule has 0 unspecified atom stereocenters. The van der Waals surface area contributed by atoms with Gasteiger partial charge in [0, 0.05) is 24.4 Å². The molecule has 1 saturated heterocycles. The molecule has 1 aliphatic heterocycles. The second kappa shape index (κ2) is 5.90. The van der Waals surface area contributed by atoms with E-state index >= 15 is 0 Å².